The molecule has 2 atom stereocenters. The first-order valence-corrected chi connectivity index (χ1v) is 7.47. The molecule has 1 saturated heterocycles. The zero-order valence-corrected chi connectivity index (χ0v) is 12.2. The molecule has 1 nitrogen and oxygen atoms in total. The Hall–Kier alpha value is -0.340. The molecule has 1 heterocycles. The van der Waals surface area contributed by atoms with Crippen molar-refractivity contribution in [1.82, 2.24) is 0 Å². The largest absolute Gasteiger partial charge is 0.367 e. The molecule has 0 amide bonds. The third-order valence-electron chi connectivity index (χ3n) is 3.92. The summed E-state index contributed by atoms with van der Waals surface area (Å²) in [5.41, 5.74) is 1.37. The smallest absolute Gasteiger partial charge is 0.0843 e. The molecule has 1 aromatic carbocycles. The van der Waals surface area contributed by atoms with Gasteiger partial charge in [0, 0.05) is 4.83 Å². The summed E-state index contributed by atoms with van der Waals surface area (Å²) in [6.45, 7) is 4.47. The van der Waals surface area contributed by atoms with Crippen molar-refractivity contribution in [3.8, 4) is 0 Å². The Morgan fingerprint density at radius 2 is 1.88 bits per heavy atom. The van der Waals surface area contributed by atoms with E-state index in [0.29, 0.717) is 4.83 Å². The van der Waals surface area contributed by atoms with E-state index in [9.17, 15) is 0 Å². The van der Waals surface area contributed by atoms with Crippen LogP contribution >= 0.6 is 15.9 Å². The summed E-state index contributed by atoms with van der Waals surface area (Å²) in [4.78, 5) is 0.571. The molecule has 2 rings (SSSR count). The third-order valence-corrected chi connectivity index (χ3v) is 4.61. The lowest BCUT2D eigenvalue weighted by Gasteiger charge is -2.43. The van der Waals surface area contributed by atoms with E-state index < -0.39 is 0 Å². The van der Waals surface area contributed by atoms with Gasteiger partial charge in [-0.3, -0.25) is 0 Å². The third kappa shape index (κ3) is 2.92. The lowest BCUT2D eigenvalue weighted by molar-refractivity contribution is -0.131. The van der Waals surface area contributed by atoms with Crippen LogP contribution in [0.2, 0.25) is 0 Å². The van der Waals surface area contributed by atoms with Crippen LogP contribution in [0, 0.1) is 0 Å². The summed E-state index contributed by atoms with van der Waals surface area (Å²) in [6.07, 6.45) is 4.63. The maximum Gasteiger partial charge on any atom is 0.0843 e. The van der Waals surface area contributed by atoms with Gasteiger partial charge in [-0.2, -0.15) is 0 Å². The molecule has 1 aromatic rings. The van der Waals surface area contributed by atoms with Crippen molar-refractivity contribution in [3.63, 3.8) is 0 Å². The predicted octanol–water partition coefficient (Wildman–Crippen LogP) is 4.86. The highest BCUT2D eigenvalue weighted by atomic mass is 79.9. The first-order valence-electron chi connectivity index (χ1n) is 6.56. The van der Waals surface area contributed by atoms with Gasteiger partial charge in [0.2, 0.25) is 0 Å². The number of alkyl halides is 1. The van der Waals surface area contributed by atoms with Crippen LogP contribution in [-0.2, 0) is 4.74 Å². The molecule has 0 aromatic heterocycles. The molecular formula is C15H21BrO. The van der Waals surface area contributed by atoms with Crippen molar-refractivity contribution in [1.29, 1.82) is 0 Å². The first-order chi connectivity index (χ1) is 8.19. The summed E-state index contributed by atoms with van der Waals surface area (Å²) in [5.74, 6) is 0. The molecule has 0 unspecified atom stereocenters. The Labute approximate surface area is 113 Å². The van der Waals surface area contributed by atoms with Gasteiger partial charge in [-0.25, -0.2) is 0 Å². The highest BCUT2D eigenvalue weighted by Gasteiger charge is 2.38. The average Bonchev–Trinajstić information content (AvgIpc) is 2.39. The van der Waals surface area contributed by atoms with Crippen LogP contribution in [0.25, 0.3) is 0 Å². The van der Waals surface area contributed by atoms with E-state index in [2.05, 4.69) is 60.1 Å². The van der Waals surface area contributed by atoms with Crippen LogP contribution in [0.3, 0.4) is 0 Å². The standard InChI is InChI=1S/C15H21BrO/c1-3-15(4-2)11-13(16)10-14(17-15)12-8-6-5-7-9-12/h5-9,13-14H,3-4,10-11H2,1-2H3/t13-,14-/m0/s1. The van der Waals surface area contributed by atoms with E-state index in [4.69, 9.17) is 4.74 Å². The molecule has 0 aliphatic carbocycles. The highest BCUT2D eigenvalue weighted by molar-refractivity contribution is 9.09. The summed E-state index contributed by atoms with van der Waals surface area (Å²) >= 11 is 3.80. The van der Waals surface area contributed by atoms with E-state index in [0.717, 1.165) is 25.7 Å². The van der Waals surface area contributed by atoms with E-state index in [1.807, 2.05) is 0 Å². The Morgan fingerprint density at radius 1 is 1.24 bits per heavy atom. The Morgan fingerprint density at radius 3 is 2.47 bits per heavy atom. The number of hydrogen-bond donors (Lipinski definition) is 0. The molecule has 17 heavy (non-hydrogen) atoms. The van der Waals surface area contributed by atoms with Crippen molar-refractivity contribution in [2.45, 2.75) is 56.1 Å². The maximum absolute atomic E-state index is 6.40. The first kappa shape index (κ1) is 13.1. The molecule has 0 spiro atoms. The molecule has 1 aliphatic heterocycles. The fourth-order valence-corrected chi connectivity index (χ4v) is 3.62. The fourth-order valence-electron chi connectivity index (χ4n) is 2.69. The van der Waals surface area contributed by atoms with Crippen molar-refractivity contribution in [3.05, 3.63) is 35.9 Å². The van der Waals surface area contributed by atoms with Gasteiger partial charge in [0.15, 0.2) is 0 Å². The second kappa shape index (κ2) is 5.53. The number of ether oxygens (including phenoxy) is 1. The van der Waals surface area contributed by atoms with Gasteiger partial charge in [-0.1, -0.05) is 60.1 Å². The second-order valence-corrected chi connectivity index (χ2v) is 6.24. The molecule has 0 saturated carbocycles. The number of benzene rings is 1. The second-order valence-electron chi connectivity index (χ2n) is 4.94. The Bertz CT molecular complexity index is 345. The molecule has 1 fully saturated rings. The summed E-state index contributed by atoms with van der Waals surface area (Å²) in [7, 11) is 0. The van der Waals surface area contributed by atoms with Gasteiger partial charge >= 0.3 is 0 Å². The van der Waals surface area contributed by atoms with Crippen LogP contribution in [0.4, 0.5) is 0 Å². The minimum atomic E-state index is 0.0624. The van der Waals surface area contributed by atoms with Gasteiger partial charge in [0.1, 0.15) is 0 Å². The highest BCUT2D eigenvalue weighted by Crippen LogP contribution is 2.43. The van der Waals surface area contributed by atoms with Gasteiger partial charge in [0.05, 0.1) is 11.7 Å². The van der Waals surface area contributed by atoms with Gasteiger partial charge < -0.3 is 4.74 Å². The van der Waals surface area contributed by atoms with Crippen LogP contribution in [-0.4, -0.2) is 10.4 Å². The van der Waals surface area contributed by atoms with Crippen molar-refractivity contribution < 1.29 is 4.74 Å². The van der Waals surface area contributed by atoms with E-state index in [1.54, 1.807) is 0 Å². The van der Waals surface area contributed by atoms with Crippen LogP contribution < -0.4 is 0 Å². The van der Waals surface area contributed by atoms with Crippen LogP contribution in [0.15, 0.2) is 30.3 Å². The summed E-state index contributed by atoms with van der Waals surface area (Å²) < 4.78 is 6.40. The molecule has 94 valence electrons. The summed E-state index contributed by atoms with van der Waals surface area (Å²) in [6, 6.07) is 10.6. The lowest BCUT2D eigenvalue weighted by Crippen LogP contribution is -2.40. The van der Waals surface area contributed by atoms with Crippen molar-refractivity contribution in [2.75, 3.05) is 0 Å². The average molecular weight is 297 g/mol. The topological polar surface area (TPSA) is 9.23 Å². The SMILES string of the molecule is CCC1(CC)C[C@@H](Br)C[C@@H](c2ccccc2)O1. The molecule has 0 radical (unpaired) electrons. The predicted molar refractivity (Wildman–Crippen MR) is 75.5 cm³/mol. The maximum atomic E-state index is 6.40. The van der Waals surface area contributed by atoms with Gasteiger partial charge in [0.25, 0.3) is 0 Å². The van der Waals surface area contributed by atoms with Crippen LogP contribution in [0.5, 0.6) is 0 Å². The molecule has 0 bridgehead atoms. The van der Waals surface area contributed by atoms with Crippen molar-refractivity contribution >= 4 is 15.9 Å². The number of hydrogen-bond acceptors (Lipinski definition) is 1. The minimum absolute atomic E-state index is 0.0624. The van der Waals surface area contributed by atoms with Crippen molar-refractivity contribution in [2.24, 2.45) is 0 Å². The monoisotopic (exact) mass is 296 g/mol. The molecule has 1 aliphatic rings. The van der Waals surface area contributed by atoms with Gasteiger partial charge in [-0.15, -0.1) is 0 Å². The quantitative estimate of drug-likeness (QED) is 0.724. The Kier molecular flexibility index (Phi) is 4.26. The minimum Gasteiger partial charge on any atom is -0.367 e. The van der Waals surface area contributed by atoms with E-state index in [-0.39, 0.29) is 11.7 Å². The molecular weight excluding hydrogens is 276 g/mol. The van der Waals surface area contributed by atoms with E-state index in [1.165, 1.54) is 5.56 Å². The zero-order valence-electron chi connectivity index (χ0n) is 10.7. The number of halogens is 1. The lowest BCUT2D eigenvalue weighted by atomic mass is 9.85. The normalized spacial score (nSPS) is 27.9. The Balaban J connectivity index is 2.19. The summed E-state index contributed by atoms with van der Waals surface area (Å²) in [5, 5.41) is 0. The van der Waals surface area contributed by atoms with E-state index >= 15 is 0 Å². The van der Waals surface area contributed by atoms with Crippen LogP contribution in [0.1, 0.15) is 51.2 Å². The molecule has 0 N–H and O–H groups in total. The fraction of sp³-hybridized carbons (Fsp3) is 0.600. The van der Waals surface area contributed by atoms with Gasteiger partial charge in [-0.05, 0) is 31.2 Å². The molecule has 2 heteroatoms. The zero-order chi connectivity index (χ0) is 12.3. The number of rotatable bonds is 3.